The minimum Gasteiger partial charge on any atom is -0.103 e. The van der Waals surface area contributed by atoms with Gasteiger partial charge in [-0.05, 0) is 44.4 Å². The summed E-state index contributed by atoms with van der Waals surface area (Å²) in [6.07, 6.45) is 13.9. The Bertz CT molecular complexity index is 212. The normalized spacial score (nSPS) is 26.9. The Morgan fingerprint density at radius 2 is 2.07 bits per heavy atom. The van der Waals surface area contributed by atoms with Gasteiger partial charge in [-0.2, -0.15) is 0 Å². The molecular formula is C15H26. The molecule has 0 bridgehead atoms. The maximum atomic E-state index is 3.75. The van der Waals surface area contributed by atoms with Crippen LogP contribution in [0.3, 0.4) is 0 Å². The molecule has 1 saturated carbocycles. The fourth-order valence-electron chi connectivity index (χ4n) is 2.63. The second-order valence-electron chi connectivity index (χ2n) is 5.07. The summed E-state index contributed by atoms with van der Waals surface area (Å²) in [5.74, 6) is 2.05. The van der Waals surface area contributed by atoms with Gasteiger partial charge in [0, 0.05) is 0 Å². The monoisotopic (exact) mass is 206 g/mol. The van der Waals surface area contributed by atoms with Crippen LogP contribution < -0.4 is 0 Å². The summed E-state index contributed by atoms with van der Waals surface area (Å²) in [6, 6.07) is 0. The lowest BCUT2D eigenvalue weighted by atomic mass is 9.96. The molecule has 2 unspecified atom stereocenters. The van der Waals surface area contributed by atoms with Crippen molar-refractivity contribution in [3.05, 3.63) is 24.3 Å². The van der Waals surface area contributed by atoms with Crippen LogP contribution in [0, 0.1) is 11.8 Å². The van der Waals surface area contributed by atoms with E-state index in [9.17, 15) is 0 Å². The van der Waals surface area contributed by atoms with E-state index in [0.29, 0.717) is 0 Å². The first-order valence-electron chi connectivity index (χ1n) is 6.52. The molecule has 1 fully saturated rings. The highest BCUT2D eigenvalue weighted by Crippen LogP contribution is 2.36. The number of hydrogen-bond acceptors (Lipinski definition) is 0. The summed E-state index contributed by atoms with van der Waals surface area (Å²) in [4.78, 5) is 0. The molecule has 0 aromatic carbocycles. The second kappa shape index (κ2) is 6.87. The van der Waals surface area contributed by atoms with Crippen molar-refractivity contribution in [3.8, 4) is 0 Å². The smallest absolute Gasteiger partial charge is 0.0169 e. The molecule has 1 aliphatic carbocycles. The molecule has 0 aromatic heterocycles. The quantitative estimate of drug-likeness (QED) is 0.529. The van der Waals surface area contributed by atoms with Crippen LogP contribution in [-0.4, -0.2) is 0 Å². The SMILES string of the molecule is C=CCC=C(C)CCC1CCC(CC)C1. The van der Waals surface area contributed by atoms with E-state index in [4.69, 9.17) is 0 Å². The zero-order valence-electron chi connectivity index (χ0n) is 10.5. The molecule has 0 nitrogen and oxygen atoms in total. The van der Waals surface area contributed by atoms with Gasteiger partial charge in [-0.25, -0.2) is 0 Å². The van der Waals surface area contributed by atoms with Gasteiger partial charge in [-0.3, -0.25) is 0 Å². The molecule has 0 spiro atoms. The Morgan fingerprint density at radius 3 is 2.67 bits per heavy atom. The Morgan fingerprint density at radius 1 is 1.33 bits per heavy atom. The second-order valence-corrected chi connectivity index (χ2v) is 5.07. The van der Waals surface area contributed by atoms with Gasteiger partial charge in [0.25, 0.3) is 0 Å². The summed E-state index contributed by atoms with van der Waals surface area (Å²) in [5.41, 5.74) is 1.55. The molecular weight excluding hydrogens is 180 g/mol. The molecule has 0 saturated heterocycles. The summed E-state index contributed by atoms with van der Waals surface area (Å²) >= 11 is 0. The molecule has 0 amide bonds. The Hall–Kier alpha value is -0.520. The standard InChI is InChI=1S/C15H26/c1-4-6-7-13(3)8-9-15-11-10-14(5-2)12-15/h4,7,14-15H,1,5-6,8-12H2,2-3H3. The van der Waals surface area contributed by atoms with Gasteiger partial charge < -0.3 is 0 Å². The summed E-state index contributed by atoms with van der Waals surface area (Å²) in [5, 5.41) is 0. The fraction of sp³-hybridized carbons (Fsp3) is 0.733. The van der Waals surface area contributed by atoms with Crippen LogP contribution in [0.15, 0.2) is 24.3 Å². The van der Waals surface area contributed by atoms with Crippen LogP contribution in [0.25, 0.3) is 0 Å². The van der Waals surface area contributed by atoms with Gasteiger partial charge in [0.05, 0.1) is 0 Å². The molecule has 0 heterocycles. The van der Waals surface area contributed by atoms with Crippen LogP contribution in [0.5, 0.6) is 0 Å². The fourth-order valence-corrected chi connectivity index (χ4v) is 2.63. The van der Waals surface area contributed by atoms with Crippen molar-refractivity contribution in [3.63, 3.8) is 0 Å². The van der Waals surface area contributed by atoms with Gasteiger partial charge in [-0.15, -0.1) is 6.58 Å². The molecule has 0 aromatic rings. The van der Waals surface area contributed by atoms with E-state index in [-0.39, 0.29) is 0 Å². The molecule has 0 heteroatoms. The molecule has 2 atom stereocenters. The molecule has 1 aliphatic rings. The van der Waals surface area contributed by atoms with Crippen LogP contribution in [0.4, 0.5) is 0 Å². The average molecular weight is 206 g/mol. The number of rotatable bonds is 6. The van der Waals surface area contributed by atoms with Crippen molar-refractivity contribution in [2.24, 2.45) is 11.8 Å². The highest BCUT2D eigenvalue weighted by Gasteiger charge is 2.22. The molecule has 0 aliphatic heterocycles. The Kier molecular flexibility index (Phi) is 5.75. The minimum absolute atomic E-state index is 1.02. The predicted molar refractivity (Wildman–Crippen MR) is 68.9 cm³/mol. The van der Waals surface area contributed by atoms with E-state index in [1.807, 2.05) is 6.08 Å². The first-order chi connectivity index (χ1) is 7.26. The Balaban J connectivity index is 2.17. The van der Waals surface area contributed by atoms with Crippen molar-refractivity contribution in [2.45, 2.75) is 58.8 Å². The largest absolute Gasteiger partial charge is 0.103 e. The maximum Gasteiger partial charge on any atom is -0.0169 e. The first-order valence-corrected chi connectivity index (χ1v) is 6.52. The third-order valence-electron chi connectivity index (χ3n) is 3.81. The molecule has 15 heavy (non-hydrogen) atoms. The van der Waals surface area contributed by atoms with E-state index in [0.717, 1.165) is 18.3 Å². The molecule has 0 radical (unpaired) electrons. The van der Waals surface area contributed by atoms with Gasteiger partial charge in [0.2, 0.25) is 0 Å². The highest BCUT2D eigenvalue weighted by molar-refractivity contribution is 5.01. The van der Waals surface area contributed by atoms with E-state index in [1.165, 1.54) is 38.5 Å². The van der Waals surface area contributed by atoms with Crippen molar-refractivity contribution < 1.29 is 0 Å². The molecule has 86 valence electrons. The summed E-state index contributed by atoms with van der Waals surface area (Å²) < 4.78 is 0. The lowest BCUT2D eigenvalue weighted by Gasteiger charge is -2.10. The summed E-state index contributed by atoms with van der Waals surface area (Å²) in [6.45, 7) is 8.34. The van der Waals surface area contributed by atoms with Gasteiger partial charge in [0.1, 0.15) is 0 Å². The third kappa shape index (κ3) is 4.68. The summed E-state index contributed by atoms with van der Waals surface area (Å²) in [7, 11) is 0. The number of hydrogen-bond donors (Lipinski definition) is 0. The van der Waals surface area contributed by atoms with Crippen LogP contribution in [0.1, 0.15) is 58.8 Å². The highest BCUT2D eigenvalue weighted by atomic mass is 14.3. The van der Waals surface area contributed by atoms with Crippen molar-refractivity contribution in [2.75, 3.05) is 0 Å². The zero-order valence-corrected chi connectivity index (χ0v) is 10.5. The lowest BCUT2D eigenvalue weighted by Crippen LogP contribution is -1.96. The third-order valence-corrected chi connectivity index (χ3v) is 3.81. The van der Waals surface area contributed by atoms with Crippen LogP contribution >= 0.6 is 0 Å². The molecule has 0 N–H and O–H groups in total. The van der Waals surface area contributed by atoms with Crippen LogP contribution in [-0.2, 0) is 0 Å². The van der Waals surface area contributed by atoms with Crippen molar-refractivity contribution in [1.82, 2.24) is 0 Å². The molecule has 1 rings (SSSR count). The van der Waals surface area contributed by atoms with Gasteiger partial charge in [0.15, 0.2) is 0 Å². The topological polar surface area (TPSA) is 0 Å². The van der Waals surface area contributed by atoms with Crippen molar-refractivity contribution in [1.29, 1.82) is 0 Å². The van der Waals surface area contributed by atoms with E-state index in [1.54, 1.807) is 5.57 Å². The van der Waals surface area contributed by atoms with E-state index >= 15 is 0 Å². The minimum atomic E-state index is 1.02. The zero-order chi connectivity index (χ0) is 11.1. The van der Waals surface area contributed by atoms with Crippen molar-refractivity contribution >= 4 is 0 Å². The van der Waals surface area contributed by atoms with E-state index in [2.05, 4.69) is 26.5 Å². The van der Waals surface area contributed by atoms with Crippen LogP contribution in [0.2, 0.25) is 0 Å². The van der Waals surface area contributed by atoms with Gasteiger partial charge >= 0.3 is 0 Å². The maximum absolute atomic E-state index is 3.75. The number of allylic oxidation sites excluding steroid dienone is 3. The predicted octanol–water partition coefficient (Wildman–Crippen LogP) is 5.12. The lowest BCUT2D eigenvalue weighted by molar-refractivity contribution is 0.457. The average Bonchev–Trinajstić information content (AvgIpc) is 2.71. The Labute approximate surface area is 95.5 Å². The first kappa shape index (κ1) is 12.5. The van der Waals surface area contributed by atoms with E-state index < -0.39 is 0 Å². The van der Waals surface area contributed by atoms with Gasteiger partial charge in [-0.1, -0.05) is 43.9 Å².